The van der Waals surface area contributed by atoms with E-state index in [2.05, 4.69) is 4.98 Å². The van der Waals surface area contributed by atoms with Gasteiger partial charge in [-0.25, -0.2) is 4.98 Å². The summed E-state index contributed by atoms with van der Waals surface area (Å²) in [6.45, 7) is 0. The molecule has 0 spiro atoms. The summed E-state index contributed by atoms with van der Waals surface area (Å²) in [5.74, 6) is -0.185. The zero-order valence-corrected chi connectivity index (χ0v) is 13.9. The number of rotatable bonds is 3. The van der Waals surface area contributed by atoms with Gasteiger partial charge in [0.2, 0.25) is 0 Å². The number of hydrogen-bond donors (Lipinski definition) is 1. The maximum Gasteiger partial charge on any atom is 0.263 e. The first-order valence-electron chi connectivity index (χ1n) is 8.26. The van der Waals surface area contributed by atoms with Gasteiger partial charge in [0.15, 0.2) is 0 Å². The van der Waals surface area contributed by atoms with Gasteiger partial charge in [-0.1, -0.05) is 66.7 Å². The molecule has 3 aromatic carbocycles. The van der Waals surface area contributed by atoms with Crippen LogP contribution in [0.4, 0.5) is 0 Å². The normalized spacial score (nSPS) is 10.6. The van der Waals surface area contributed by atoms with E-state index in [1.165, 1.54) is 23.0 Å². The third-order valence-electron chi connectivity index (χ3n) is 4.17. The third kappa shape index (κ3) is 2.89. The predicted molar refractivity (Wildman–Crippen MR) is 101 cm³/mol. The van der Waals surface area contributed by atoms with Gasteiger partial charge in [0.05, 0.1) is 11.4 Å². The molecular formula is C22H16N2O2. The lowest BCUT2D eigenvalue weighted by Crippen LogP contribution is -2.12. The quantitative estimate of drug-likeness (QED) is 0.592. The van der Waals surface area contributed by atoms with E-state index in [-0.39, 0.29) is 11.7 Å². The van der Waals surface area contributed by atoms with Crippen LogP contribution in [0.25, 0.3) is 22.5 Å². The third-order valence-corrected chi connectivity index (χ3v) is 4.17. The first-order chi connectivity index (χ1) is 12.7. The smallest absolute Gasteiger partial charge is 0.263 e. The van der Waals surface area contributed by atoms with Crippen molar-refractivity contribution < 1.29 is 9.90 Å². The van der Waals surface area contributed by atoms with Crippen LogP contribution in [0.15, 0.2) is 91.3 Å². The highest BCUT2D eigenvalue weighted by Gasteiger charge is 2.20. The zero-order chi connectivity index (χ0) is 17.9. The fourth-order valence-electron chi connectivity index (χ4n) is 2.96. The highest BCUT2D eigenvalue weighted by Crippen LogP contribution is 2.31. The lowest BCUT2D eigenvalue weighted by Gasteiger charge is -2.10. The monoisotopic (exact) mass is 340 g/mol. The lowest BCUT2D eigenvalue weighted by molar-refractivity contribution is 0.0961. The molecule has 0 bridgehead atoms. The highest BCUT2D eigenvalue weighted by molar-refractivity contribution is 6.00. The number of aromatic hydroxyl groups is 1. The van der Waals surface area contributed by atoms with E-state index >= 15 is 0 Å². The maximum atomic E-state index is 13.0. The largest absolute Gasteiger partial charge is 0.508 e. The number of hydrogen-bond acceptors (Lipinski definition) is 3. The van der Waals surface area contributed by atoms with E-state index in [0.717, 1.165) is 22.5 Å². The van der Waals surface area contributed by atoms with Gasteiger partial charge in [-0.3, -0.25) is 9.36 Å². The minimum absolute atomic E-state index is 0.0560. The molecule has 0 aliphatic heterocycles. The predicted octanol–water partition coefficient (Wildman–Crippen LogP) is 4.61. The van der Waals surface area contributed by atoms with Crippen molar-refractivity contribution in [2.45, 2.75) is 0 Å². The average molecular weight is 340 g/mol. The average Bonchev–Trinajstić information content (AvgIpc) is 3.14. The van der Waals surface area contributed by atoms with Gasteiger partial charge in [-0.2, -0.15) is 0 Å². The number of phenols is 1. The van der Waals surface area contributed by atoms with E-state index in [4.69, 9.17) is 0 Å². The van der Waals surface area contributed by atoms with Crippen molar-refractivity contribution in [3.8, 4) is 28.3 Å². The Morgan fingerprint density at radius 3 is 2.12 bits per heavy atom. The molecule has 4 heteroatoms. The van der Waals surface area contributed by atoms with E-state index < -0.39 is 0 Å². The van der Waals surface area contributed by atoms with Crippen molar-refractivity contribution in [3.63, 3.8) is 0 Å². The van der Waals surface area contributed by atoms with Crippen molar-refractivity contribution in [1.29, 1.82) is 0 Å². The molecule has 0 radical (unpaired) electrons. The first-order valence-corrected chi connectivity index (χ1v) is 8.26. The molecule has 0 aliphatic carbocycles. The van der Waals surface area contributed by atoms with Crippen LogP contribution in [0.1, 0.15) is 10.4 Å². The molecule has 0 saturated heterocycles. The van der Waals surface area contributed by atoms with E-state index in [1.54, 1.807) is 12.1 Å². The van der Waals surface area contributed by atoms with Crippen LogP contribution < -0.4 is 0 Å². The second kappa shape index (κ2) is 6.69. The molecule has 4 aromatic rings. The Balaban J connectivity index is 1.91. The van der Waals surface area contributed by atoms with Crippen LogP contribution in [0.5, 0.6) is 5.75 Å². The fourth-order valence-corrected chi connectivity index (χ4v) is 2.96. The van der Waals surface area contributed by atoms with Crippen molar-refractivity contribution in [1.82, 2.24) is 9.55 Å². The topological polar surface area (TPSA) is 55.1 Å². The van der Waals surface area contributed by atoms with Crippen molar-refractivity contribution in [2.75, 3.05) is 0 Å². The Kier molecular flexibility index (Phi) is 4.07. The second-order valence-electron chi connectivity index (χ2n) is 5.90. The van der Waals surface area contributed by atoms with Gasteiger partial charge in [0.1, 0.15) is 12.1 Å². The molecule has 0 fully saturated rings. The molecular weight excluding hydrogens is 324 g/mol. The molecule has 1 heterocycles. The number of carbonyl (C=O) groups is 1. The summed E-state index contributed by atoms with van der Waals surface area (Å²) in [7, 11) is 0. The van der Waals surface area contributed by atoms with Crippen LogP contribution >= 0.6 is 0 Å². The van der Waals surface area contributed by atoms with Gasteiger partial charge in [0, 0.05) is 16.7 Å². The molecule has 0 saturated carbocycles. The van der Waals surface area contributed by atoms with E-state index in [1.807, 2.05) is 60.7 Å². The van der Waals surface area contributed by atoms with Crippen LogP contribution in [-0.2, 0) is 0 Å². The van der Waals surface area contributed by atoms with Crippen molar-refractivity contribution in [2.24, 2.45) is 0 Å². The minimum atomic E-state index is -0.241. The van der Waals surface area contributed by atoms with Gasteiger partial charge < -0.3 is 5.11 Å². The maximum absolute atomic E-state index is 13.0. The second-order valence-corrected chi connectivity index (χ2v) is 5.90. The number of nitrogens with zero attached hydrogens (tertiary/aromatic N) is 2. The number of phenolic OH excluding ortho intramolecular Hbond substituents is 1. The summed E-state index contributed by atoms with van der Waals surface area (Å²) >= 11 is 0. The molecule has 1 aromatic heterocycles. The number of aromatic nitrogens is 2. The molecule has 26 heavy (non-hydrogen) atoms. The summed E-state index contributed by atoms with van der Waals surface area (Å²) in [5.41, 5.74) is 3.71. The molecule has 0 amide bonds. The van der Waals surface area contributed by atoms with E-state index in [0.29, 0.717) is 5.56 Å². The Morgan fingerprint density at radius 2 is 1.46 bits per heavy atom. The van der Waals surface area contributed by atoms with Gasteiger partial charge in [-0.15, -0.1) is 0 Å². The Hall–Kier alpha value is -3.66. The molecule has 126 valence electrons. The molecule has 0 atom stereocenters. The fraction of sp³-hybridized carbons (Fsp3) is 0. The SMILES string of the molecule is O=C(c1cccc(O)c1)n1cnc(-c2ccccc2)c1-c1ccccc1. The summed E-state index contributed by atoms with van der Waals surface area (Å²) in [5, 5.41) is 9.70. The summed E-state index contributed by atoms with van der Waals surface area (Å²) in [6, 6.07) is 25.8. The Morgan fingerprint density at radius 1 is 0.808 bits per heavy atom. The van der Waals surface area contributed by atoms with Crippen molar-refractivity contribution in [3.05, 3.63) is 96.8 Å². The molecule has 0 aliphatic rings. The molecule has 4 rings (SSSR count). The summed E-state index contributed by atoms with van der Waals surface area (Å²) < 4.78 is 1.53. The van der Waals surface area contributed by atoms with Crippen LogP contribution in [-0.4, -0.2) is 20.6 Å². The highest BCUT2D eigenvalue weighted by atomic mass is 16.3. The minimum Gasteiger partial charge on any atom is -0.508 e. The van der Waals surface area contributed by atoms with Gasteiger partial charge in [0.25, 0.3) is 5.91 Å². The Bertz CT molecular complexity index is 1050. The summed E-state index contributed by atoms with van der Waals surface area (Å²) in [4.78, 5) is 17.6. The first kappa shape index (κ1) is 15.8. The van der Waals surface area contributed by atoms with Crippen molar-refractivity contribution >= 4 is 5.91 Å². The van der Waals surface area contributed by atoms with Gasteiger partial charge >= 0.3 is 0 Å². The van der Waals surface area contributed by atoms with Crippen LogP contribution in [0.2, 0.25) is 0 Å². The lowest BCUT2D eigenvalue weighted by atomic mass is 10.0. The zero-order valence-electron chi connectivity index (χ0n) is 13.9. The standard InChI is InChI=1S/C22H16N2O2/c25-19-13-7-12-18(14-19)22(26)24-15-23-20(16-8-3-1-4-9-16)21(24)17-10-5-2-6-11-17/h1-15,25H. The number of imidazole rings is 1. The number of carbonyl (C=O) groups excluding carboxylic acids is 1. The number of benzene rings is 3. The summed E-state index contributed by atoms with van der Waals surface area (Å²) in [6.07, 6.45) is 1.54. The molecule has 1 N–H and O–H groups in total. The van der Waals surface area contributed by atoms with Gasteiger partial charge in [-0.05, 0) is 18.2 Å². The molecule has 4 nitrogen and oxygen atoms in total. The molecule has 0 unspecified atom stereocenters. The van der Waals surface area contributed by atoms with Crippen LogP contribution in [0, 0.1) is 0 Å². The van der Waals surface area contributed by atoms with E-state index in [9.17, 15) is 9.90 Å². The Labute approximate surface area is 151 Å². The van der Waals surface area contributed by atoms with Crippen LogP contribution in [0.3, 0.4) is 0 Å².